The van der Waals surface area contributed by atoms with Crippen molar-refractivity contribution in [1.82, 2.24) is 14.7 Å². The molecule has 33 heavy (non-hydrogen) atoms. The first-order valence-electron chi connectivity index (χ1n) is 10.8. The number of carbonyl (C=O) groups excluding carboxylic acids is 1. The number of nitrogens with zero attached hydrogens (tertiary/aromatic N) is 3. The third-order valence-corrected chi connectivity index (χ3v) is 9.76. The van der Waals surface area contributed by atoms with Gasteiger partial charge < -0.3 is 24.9 Å². The zero-order valence-corrected chi connectivity index (χ0v) is 22.4. The molecular weight excluding hydrogens is 495 g/mol. The number of hydrogen-bond acceptors (Lipinski definition) is 9. The monoisotopic (exact) mass is 535 g/mol. The molecule has 1 heterocycles. The minimum absolute atomic E-state index is 0.0161. The molecule has 1 rings (SSSR count). The second-order valence-corrected chi connectivity index (χ2v) is 16.7. The van der Waals surface area contributed by atoms with Crippen molar-refractivity contribution in [2.24, 2.45) is 5.41 Å². The van der Waals surface area contributed by atoms with Crippen molar-refractivity contribution in [2.75, 3.05) is 77.0 Å². The zero-order valence-electron chi connectivity index (χ0n) is 19.7. The SMILES string of the molecule is CC(C)(C)C(=O)CCP(=O)(O)CN1CCN(CP(=O)(O)CO)CCN(CP(=O)(O)CO)CC1. The summed E-state index contributed by atoms with van der Waals surface area (Å²) in [6.45, 7) is 6.98. The topological polar surface area (TPSA) is 179 Å². The molecule has 15 heteroatoms. The van der Waals surface area contributed by atoms with Crippen LogP contribution in [0.4, 0.5) is 0 Å². The molecule has 196 valence electrons. The van der Waals surface area contributed by atoms with Crippen LogP contribution in [-0.4, -0.2) is 122 Å². The molecule has 0 aromatic heterocycles. The molecule has 1 aliphatic rings. The Morgan fingerprint density at radius 3 is 1.27 bits per heavy atom. The fraction of sp³-hybridized carbons (Fsp3) is 0.944. The summed E-state index contributed by atoms with van der Waals surface area (Å²) in [6.07, 6.45) is -2.66. The van der Waals surface area contributed by atoms with Crippen LogP contribution in [0.1, 0.15) is 27.2 Å². The lowest BCUT2D eigenvalue weighted by Crippen LogP contribution is -2.37. The van der Waals surface area contributed by atoms with E-state index in [-0.39, 0.29) is 63.4 Å². The van der Waals surface area contributed by atoms with E-state index in [1.54, 1.807) is 35.5 Å². The summed E-state index contributed by atoms with van der Waals surface area (Å²) in [5.41, 5.74) is -0.602. The Hall–Kier alpha value is 0.0400. The number of aliphatic hydroxyl groups excluding tert-OH is 2. The highest BCUT2D eigenvalue weighted by atomic mass is 31.2. The maximum Gasteiger partial charge on any atom is 0.238 e. The lowest BCUT2D eigenvalue weighted by Gasteiger charge is -2.28. The predicted molar refractivity (Wildman–Crippen MR) is 127 cm³/mol. The number of aliphatic hydroxyl groups is 2. The molecule has 1 aliphatic heterocycles. The molecule has 0 saturated carbocycles. The van der Waals surface area contributed by atoms with Gasteiger partial charge in [0.25, 0.3) is 0 Å². The zero-order chi connectivity index (χ0) is 25.5. The van der Waals surface area contributed by atoms with Gasteiger partial charge >= 0.3 is 0 Å². The van der Waals surface area contributed by atoms with Gasteiger partial charge in [-0.2, -0.15) is 0 Å². The van der Waals surface area contributed by atoms with Gasteiger partial charge in [0.2, 0.25) is 22.1 Å². The third kappa shape index (κ3) is 12.5. The molecule has 12 nitrogen and oxygen atoms in total. The van der Waals surface area contributed by atoms with Gasteiger partial charge in [-0.3, -0.25) is 33.2 Å². The number of hydrogen-bond donors (Lipinski definition) is 5. The summed E-state index contributed by atoms with van der Waals surface area (Å²) in [5.74, 6) is -0.107. The second kappa shape index (κ2) is 12.8. The first kappa shape index (κ1) is 31.1. The molecule has 0 radical (unpaired) electrons. The van der Waals surface area contributed by atoms with Crippen LogP contribution in [0.3, 0.4) is 0 Å². The van der Waals surface area contributed by atoms with E-state index in [2.05, 4.69) is 0 Å². The van der Waals surface area contributed by atoms with Crippen LogP contribution in [0.15, 0.2) is 0 Å². The lowest BCUT2D eigenvalue weighted by atomic mass is 9.89. The average Bonchev–Trinajstić information content (AvgIpc) is 2.77. The minimum Gasteiger partial charge on any atom is -0.386 e. The Morgan fingerprint density at radius 2 is 1.00 bits per heavy atom. The summed E-state index contributed by atoms with van der Waals surface area (Å²) < 4.78 is 36.9. The molecule has 0 aromatic carbocycles. The Balaban J connectivity index is 2.93. The van der Waals surface area contributed by atoms with Crippen molar-refractivity contribution in [1.29, 1.82) is 0 Å². The third-order valence-electron chi connectivity index (χ3n) is 5.43. The lowest BCUT2D eigenvalue weighted by molar-refractivity contribution is -0.125. The van der Waals surface area contributed by atoms with Crippen molar-refractivity contribution < 1.29 is 43.4 Å². The molecule has 0 aromatic rings. The Kier molecular flexibility index (Phi) is 12.1. The fourth-order valence-electron chi connectivity index (χ4n) is 3.36. The Labute approximate surface area is 195 Å². The number of ketones is 1. The van der Waals surface area contributed by atoms with Crippen molar-refractivity contribution >= 4 is 27.9 Å². The highest BCUT2D eigenvalue weighted by Gasteiger charge is 2.30. The maximum absolute atomic E-state index is 12.8. The number of carbonyl (C=O) groups is 1. The predicted octanol–water partition coefficient (Wildman–Crippen LogP) is 0.495. The normalized spacial score (nSPS) is 23.5. The van der Waals surface area contributed by atoms with Crippen LogP contribution < -0.4 is 0 Å². The van der Waals surface area contributed by atoms with Gasteiger partial charge in [-0.05, 0) is 0 Å². The number of Topliss-reactive ketones (excluding diaryl/α,β-unsaturated/α-hetero) is 1. The van der Waals surface area contributed by atoms with Crippen LogP contribution in [-0.2, 0) is 18.5 Å². The van der Waals surface area contributed by atoms with Gasteiger partial charge in [0.1, 0.15) is 18.5 Å². The van der Waals surface area contributed by atoms with Crippen molar-refractivity contribution in [3.05, 3.63) is 0 Å². The Morgan fingerprint density at radius 1 is 0.697 bits per heavy atom. The van der Waals surface area contributed by atoms with E-state index in [0.29, 0.717) is 13.1 Å². The summed E-state index contributed by atoms with van der Waals surface area (Å²) in [4.78, 5) is 47.3. The quantitative estimate of drug-likeness (QED) is 0.232. The first-order valence-corrected chi connectivity index (χ1v) is 16.9. The van der Waals surface area contributed by atoms with Crippen molar-refractivity contribution in [3.63, 3.8) is 0 Å². The smallest absolute Gasteiger partial charge is 0.238 e. The molecule has 3 atom stereocenters. The first-order chi connectivity index (χ1) is 15.0. The van der Waals surface area contributed by atoms with Gasteiger partial charge in [-0.15, -0.1) is 0 Å². The maximum atomic E-state index is 12.8. The summed E-state index contributed by atoms with van der Waals surface area (Å²) in [5, 5.41) is 18.3. The molecule has 0 aliphatic carbocycles. The van der Waals surface area contributed by atoms with Gasteiger partial charge in [-0.25, -0.2) is 0 Å². The van der Waals surface area contributed by atoms with E-state index >= 15 is 0 Å². The fourth-order valence-corrected chi connectivity index (χ4v) is 6.95. The average molecular weight is 535 g/mol. The molecule has 1 saturated heterocycles. The standard InChI is InChI=1S/C18H40N3O9P3/c1-18(2,3)17(24)4-11-31(25,26)12-19-5-7-20(13-32(27,28)15-22)9-10-21(8-6-19)14-33(29,30)16-23/h22-23H,4-16H2,1-3H3,(H,25,26)(H,27,28)(H,29,30). The van der Waals surface area contributed by atoms with E-state index in [0.717, 1.165) is 0 Å². The van der Waals surface area contributed by atoms with E-state index in [1.807, 2.05) is 0 Å². The minimum atomic E-state index is -3.80. The number of rotatable bonds is 11. The van der Waals surface area contributed by atoms with Gasteiger partial charge in [0, 0.05) is 57.3 Å². The van der Waals surface area contributed by atoms with Gasteiger partial charge in [-0.1, -0.05) is 20.8 Å². The van der Waals surface area contributed by atoms with Gasteiger partial charge in [0.05, 0.1) is 18.9 Å². The molecular formula is C18H40N3O9P3. The van der Waals surface area contributed by atoms with Gasteiger partial charge in [0.15, 0.2) is 0 Å². The van der Waals surface area contributed by atoms with E-state index in [1.165, 1.54) is 0 Å². The summed E-state index contributed by atoms with van der Waals surface area (Å²) in [7, 11) is -11.3. The molecule has 1 fully saturated rings. The molecule has 0 amide bonds. The molecule has 3 unspecified atom stereocenters. The van der Waals surface area contributed by atoms with E-state index < -0.39 is 40.2 Å². The molecule has 0 bridgehead atoms. The van der Waals surface area contributed by atoms with Crippen LogP contribution in [0.25, 0.3) is 0 Å². The summed E-state index contributed by atoms with van der Waals surface area (Å²) in [6, 6.07) is 0. The van der Waals surface area contributed by atoms with Crippen LogP contribution >= 0.6 is 22.1 Å². The highest BCUT2D eigenvalue weighted by Crippen LogP contribution is 2.43. The molecule has 5 N–H and O–H groups in total. The van der Waals surface area contributed by atoms with E-state index in [9.17, 15) is 33.2 Å². The van der Waals surface area contributed by atoms with Crippen LogP contribution in [0.5, 0.6) is 0 Å². The van der Waals surface area contributed by atoms with Crippen molar-refractivity contribution in [2.45, 2.75) is 27.2 Å². The van der Waals surface area contributed by atoms with Crippen LogP contribution in [0.2, 0.25) is 0 Å². The second-order valence-electron chi connectivity index (χ2n) is 9.75. The van der Waals surface area contributed by atoms with Crippen molar-refractivity contribution in [3.8, 4) is 0 Å². The summed E-state index contributed by atoms with van der Waals surface area (Å²) >= 11 is 0. The molecule has 0 spiro atoms. The Bertz CT molecular complexity index is 752. The van der Waals surface area contributed by atoms with Crippen LogP contribution in [0, 0.1) is 5.41 Å². The highest BCUT2D eigenvalue weighted by molar-refractivity contribution is 7.58. The van der Waals surface area contributed by atoms with E-state index in [4.69, 9.17) is 10.2 Å². The largest absolute Gasteiger partial charge is 0.386 e.